The number of benzene rings is 2. The zero-order valence-corrected chi connectivity index (χ0v) is 23.8. The molecule has 2 fully saturated rings. The number of carbonyl (C=O) groups is 3. The van der Waals surface area contributed by atoms with Crippen molar-refractivity contribution in [3.63, 3.8) is 0 Å². The molecule has 3 amide bonds. The SMILES string of the molecule is COc1ccc(CCN(C(=O)C2C(C)(C)C2(C)C)C2CC(=O)N(c3ccc(I)cc3)C2=O)cc1OC. The van der Waals surface area contributed by atoms with Crippen LogP contribution in [0.5, 0.6) is 11.5 Å². The van der Waals surface area contributed by atoms with E-state index in [9.17, 15) is 14.4 Å². The van der Waals surface area contributed by atoms with Crippen LogP contribution in [-0.4, -0.2) is 49.4 Å². The van der Waals surface area contributed by atoms with E-state index in [0.717, 1.165) is 9.13 Å². The van der Waals surface area contributed by atoms with Crippen LogP contribution < -0.4 is 14.4 Å². The van der Waals surface area contributed by atoms with Crippen molar-refractivity contribution in [2.45, 2.75) is 46.6 Å². The monoisotopic (exact) mass is 604 g/mol. The molecule has 2 aromatic carbocycles. The first-order valence-electron chi connectivity index (χ1n) is 12.1. The maximum Gasteiger partial charge on any atom is 0.257 e. The highest BCUT2D eigenvalue weighted by molar-refractivity contribution is 14.1. The van der Waals surface area contributed by atoms with Crippen LogP contribution in [-0.2, 0) is 20.8 Å². The number of hydrogen-bond acceptors (Lipinski definition) is 5. The lowest BCUT2D eigenvalue weighted by Gasteiger charge is -2.29. The first-order chi connectivity index (χ1) is 16.9. The van der Waals surface area contributed by atoms with E-state index in [1.807, 2.05) is 30.3 Å². The van der Waals surface area contributed by atoms with E-state index in [-0.39, 0.29) is 40.9 Å². The smallest absolute Gasteiger partial charge is 0.257 e. The highest BCUT2D eigenvalue weighted by Gasteiger charge is 2.69. The molecule has 1 aliphatic carbocycles. The summed E-state index contributed by atoms with van der Waals surface area (Å²) >= 11 is 2.18. The second-order valence-corrected chi connectivity index (χ2v) is 11.9. The van der Waals surface area contributed by atoms with Crippen molar-refractivity contribution in [3.8, 4) is 11.5 Å². The van der Waals surface area contributed by atoms with Crippen molar-refractivity contribution in [3.05, 3.63) is 51.6 Å². The quantitative estimate of drug-likeness (QED) is 0.323. The maximum atomic E-state index is 13.9. The summed E-state index contributed by atoms with van der Waals surface area (Å²) in [5, 5.41) is 0. The zero-order valence-electron chi connectivity index (χ0n) is 21.6. The van der Waals surface area contributed by atoms with Crippen molar-refractivity contribution in [1.82, 2.24) is 4.90 Å². The van der Waals surface area contributed by atoms with Gasteiger partial charge in [0.1, 0.15) is 6.04 Å². The van der Waals surface area contributed by atoms with Gasteiger partial charge in [-0.05, 0) is 81.8 Å². The van der Waals surface area contributed by atoms with Crippen LogP contribution in [0.1, 0.15) is 39.7 Å². The lowest BCUT2D eigenvalue weighted by molar-refractivity contribution is -0.140. The molecule has 1 saturated heterocycles. The summed E-state index contributed by atoms with van der Waals surface area (Å²) in [5.41, 5.74) is 1.11. The van der Waals surface area contributed by atoms with Gasteiger partial charge in [0.2, 0.25) is 11.8 Å². The van der Waals surface area contributed by atoms with E-state index in [1.54, 1.807) is 31.3 Å². The minimum atomic E-state index is -0.823. The number of ether oxygens (including phenoxy) is 2. The molecule has 192 valence electrons. The number of nitrogens with zero attached hydrogens (tertiary/aromatic N) is 2. The van der Waals surface area contributed by atoms with Crippen LogP contribution in [0.3, 0.4) is 0 Å². The number of halogens is 1. The Morgan fingerprint density at radius 2 is 1.61 bits per heavy atom. The lowest BCUT2D eigenvalue weighted by Crippen LogP contribution is -2.47. The first-order valence-corrected chi connectivity index (χ1v) is 13.2. The summed E-state index contributed by atoms with van der Waals surface area (Å²) in [4.78, 5) is 43.4. The van der Waals surface area contributed by atoms with E-state index >= 15 is 0 Å². The molecule has 8 heteroatoms. The fourth-order valence-corrected chi connectivity index (χ4v) is 5.77. The molecule has 7 nitrogen and oxygen atoms in total. The summed E-state index contributed by atoms with van der Waals surface area (Å²) in [7, 11) is 3.16. The first kappa shape index (κ1) is 26.4. The van der Waals surface area contributed by atoms with Crippen LogP contribution in [0.4, 0.5) is 5.69 Å². The van der Waals surface area contributed by atoms with Crippen molar-refractivity contribution >= 4 is 46.0 Å². The third kappa shape index (κ3) is 4.48. The zero-order chi connectivity index (χ0) is 26.4. The molecule has 0 radical (unpaired) electrons. The average molecular weight is 604 g/mol. The minimum absolute atomic E-state index is 0.0178. The van der Waals surface area contributed by atoms with Gasteiger partial charge >= 0.3 is 0 Å². The molecule has 36 heavy (non-hydrogen) atoms. The van der Waals surface area contributed by atoms with Gasteiger partial charge in [0.05, 0.1) is 26.3 Å². The number of hydrogen-bond donors (Lipinski definition) is 0. The standard InChI is InChI=1S/C28H33IN2O5/c1-27(2)24(28(27,3)4)26(34)30(14-13-17-7-12-21(35-5)22(15-17)36-6)20-16-23(32)31(25(20)33)19-10-8-18(29)9-11-19/h7-12,15,20,24H,13-14,16H2,1-6H3. The molecular formula is C28H33IN2O5. The van der Waals surface area contributed by atoms with Gasteiger partial charge in [0.25, 0.3) is 5.91 Å². The fourth-order valence-electron chi connectivity index (χ4n) is 5.41. The Kier molecular flexibility index (Phi) is 7.11. The van der Waals surface area contributed by atoms with E-state index in [2.05, 4.69) is 50.3 Å². The van der Waals surface area contributed by atoms with Crippen molar-refractivity contribution < 1.29 is 23.9 Å². The number of rotatable bonds is 8. The van der Waals surface area contributed by atoms with Crippen LogP contribution in [0.2, 0.25) is 0 Å². The van der Waals surface area contributed by atoms with Crippen LogP contribution in [0, 0.1) is 20.3 Å². The molecule has 4 rings (SSSR count). The van der Waals surface area contributed by atoms with Gasteiger partial charge in [-0.25, -0.2) is 4.90 Å². The number of carbonyl (C=O) groups excluding carboxylic acids is 3. The molecule has 1 heterocycles. The molecule has 0 aromatic heterocycles. The largest absolute Gasteiger partial charge is 0.493 e. The average Bonchev–Trinajstić information content (AvgIpc) is 3.07. The lowest BCUT2D eigenvalue weighted by atomic mass is 10.0. The second-order valence-electron chi connectivity index (χ2n) is 10.6. The second kappa shape index (κ2) is 9.68. The Bertz CT molecular complexity index is 1180. The minimum Gasteiger partial charge on any atom is -0.493 e. The van der Waals surface area contributed by atoms with Crippen molar-refractivity contribution in [2.24, 2.45) is 16.7 Å². The Labute approximate surface area is 226 Å². The summed E-state index contributed by atoms with van der Waals surface area (Å²) in [5.74, 6) is 0.309. The highest BCUT2D eigenvalue weighted by atomic mass is 127. The maximum absolute atomic E-state index is 13.9. The van der Waals surface area contributed by atoms with E-state index in [1.165, 1.54) is 4.90 Å². The topological polar surface area (TPSA) is 76.2 Å². The Morgan fingerprint density at radius 1 is 1.00 bits per heavy atom. The van der Waals surface area contributed by atoms with Gasteiger partial charge in [0, 0.05) is 16.0 Å². The summed E-state index contributed by atoms with van der Waals surface area (Å²) < 4.78 is 11.8. The molecule has 1 atom stereocenters. The predicted molar refractivity (Wildman–Crippen MR) is 146 cm³/mol. The Hall–Kier alpha value is -2.62. The van der Waals surface area contributed by atoms with Gasteiger partial charge < -0.3 is 14.4 Å². The molecule has 1 unspecified atom stereocenters. The molecule has 2 aliphatic rings. The van der Waals surface area contributed by atoms with Gasteiger partial charge in [-0.2, -0.15) is 0 Å². The van der Waals surface area contributed by atoms with Crippen LogP contribution >= 0.6 is 22.6 Å². The number of methoxy groups -OCH3 is 2. The summed E-state index contributed by atoms with van der Waals surface area (Å²) in [6, 6.07) is 12.1. The predicted octanol–water partition coefficient (Wildman–Crippen LogP) is 4.69. The molecule has 2 aromatic rings. The number of amides is 3. The van der Waals surface area contributed by atoms with E-state index < -0.39 is 6.04 Å². The van der Waals surface area contributed by atoms with Crippen molar-refractivity contribution in [2.75, 3.05) is 25.7 Å². The molecule has 0 bridgehead atoms. The van der Waals surface area contributed by atoms with E-state index in [0.29, 0.717) is 30.2 Å². The third-order valence-corrected chi connectivity index (χ3v) is 8.94. The molecule has 0 spiro atoms. The van der Waals surface area contributed by atoms with Crippen molar-refractivity contribution in [1.29, 1.82) is 0 Å². The molecule has 0 N–H and O–H groups in total. The summed E-state index contributed by atoms with van der Waals surface area (Å²) in [6.45, 7) is 8.66. The van der Waals surface area contributed by atoms with E-state index in [4.69, 9.17) is 9.47 Å². The van der Waals surface area contributed by atoms with Crippen LogP contribution in [0.25, 0.3) is 0 Å². The third-order valence-electron chi connectivity index (χ3n) is 8.22. The Balaban J connectivity index is 1.62. The normalized spacial score (nSPS) is 20.4. The highest BCUT2D eigenvalue weighted by Crippen LogP contribution is 2.69. The molecule has 1 saturated carbocycles. The van der Waals surface area contributed by atoms with Crippen LogP contribution in [0.15, 0.2) is 42.5 Å². The van der Waals surface area contributed by atoms with Gasteiger partial charge in [-0.3, -0.25) is 14.4 Å². The number of anilines is 1. The number of imide groups is 1. The Morgan fingerprint density at radius 3 is 2.17 bits per heavy atom. The van der Waals surface area contributed by atoms with Gasteiger partial charge in [-0.1, -0.05) is 33.8 Å². The van der Waals surface area contributed by atoms with Gasteiger partial charge in [0.15, 0.2) is 11.5 Å². The molecule has 1 aliphatic heterocycles. The fraction of sp³-hybridized carbons (Fsp3) is 0.464. The molecular weight excluding hydrogens is 571 g/mol. The van der Waals surface area contributed by atoms with Gasteiger partial charge in [-0.15, -0.1) is 0 Å². The summed E-state index contributed by atoms with van der Waals surface area (Å²) in [6.07, 6.45) is 0.497.